The monoisotopic (exact) mass is 274 g/mol. The van der Waals surface area contributed by atoms with Crippen molar-refractivity contribution in [3.05, 3.63) is 23.1 Å². The topological polar surface area (TPSA) is 76.9 Å². The molecule has 84 valence electrons. The van der Waals surface area contributed by atoms with Crippen LogP contribution in [0.1, 0.15) is 0 Å². The molecule has 1 aliphatic rings. The zero-order valence-electron chi connectivity index (χ0n) is 8.45. The van der Waals surface area contributed by atoms with Gasteiger partial charge in [-0.2, -0.15) is 0 Å². The maximum Gasteiger partial charge on any atom is 0.152 e. The van der Waals surface area contributed by atoms with Crippen LogP contribution in [0.15, 0.2) is 28.1 Å². The fourth-order valence-corrected chi connectivity index (χ4v) is 1.43. The third-order valence-electron chi connectivity index (χ3n) is 1.95. The molecule has 0 radical (unpaired) electrons. The lowest BCUT2D eigenvalue weighted by atomic mass is 10.3. The highest BCUT2D eigenvalue weighted by molar-refractivity contribution is 9.11. The van der Waals surface area contributed by atoms with Crippen molar-refractivity contribution < 1.29 is 4.74 Å². The zero-order valence-corrected chi connectivity index (χ0v) is 10.0. The van der Waals surface area contributed by atoms with Gasteiger partial charge >= 0.3 is 0 Å². The average Bonchev–Trinajstić information content (AvgIpc) is 2.26. The maximum atomic E-state index is 5.67. The van der Waals surface area contributed by atoms with Gasteiger partial charge in [-0.25, -0.2) is 4.99 Å². The van der Waals surface area contributed by atoms with Crippen molar-refractivity contribution in [1.29, 1.82) is 0 Å². The summed E-state index contributed by atoms with van der Waals surface area (Å²) in [5.74, 6) is 0.645. The quantitative estimate of drug-likeness (QED) is 0.433. The van der Waals surface area contributed by atoms with E-state index in [2.05, 4.69) is 27.5 Å². The molecule has 1 saturated heterocycles. The van der Waals surface area contributed by atoms with Crippen LogP contribution in [0, 0.1) is 0 Å². The fraction of sp³-hybridized carbons (Fsp3) is 0.444. The Balaban J connectivity index is 2.81. The number of rotatable bonds is 2. The summed E-state index contributed by atoms with van der Waals surface area (Å²) in [6, 6.07) is 0. The minimum Gasteiger partial charge on any atom is -0.402 e. The minimum absolute atomic E-state index is 0.427. The van der Waals surface area contributed by atoms with Gasteiger partial charge in [-0.1, -0.05) is 6.58 Å². The first-order valence-corrected chi connectivity index (χ1v) is 5.38. The molecule has 0 aromatic carbocycles. The smallest absolute Gasteiger partial charge is 0.152 e. The van der Waals surface area contributed by atoms with E-state index in [-0.39, 0.29) is 0 Å². The van der Waals surface area contributed by atoms with Crippen molar-refractivity contribution in [2.45, 2.75) is 0 Å². The first-order valence-electron chi connectivity index (χ1n) is 4.58. The number of hydrogen-bond acceptors (Lipinski definition) is 4. The van der Waals surface area contributed by atoms with Crippen LogP contribution in [0.3, 0.4) is 0 Å². The van der Waals surface area contributed by atoms with E-state index in [1.807, 2.05) is 4.90 Å². The number of halogens is 1. The molecule has 1 heterocycles. The number of ether oxygens (including phenoxy) is 1. The lowest BCUT2D eigenvalue weighted by Gasteiger charge is -2.29. The molecule has 6 heteroatoms. The molecule has 15 heavy (non-hydrogen) atoms. The molecule has 0 unspecified atom stereocenters. The van der Waals surface area contributed by atoms with Gasteiger partial charge in [0.25, 0.3) is 0 Å². The van der Waals surface area contributed by atoms with Gasteiger partial charge in [0.05, 0.1) is 18.9 Å². The number of morpholine rings is 1. The average molecular weight is 275 g/mol. The van der Waals surface area contributed by atoms with Crippen molar-refractivity contribution in [3.63, 3.8) is 0 Å². The third-order valence-corrected chi connectivity index (χ3v) is 2.39. The predicted octanol–water partition coefficient (Wildman–Crippen LogP) is 0.342. The highest BCUT2D eigenvalue weighted by Gasteiger charge is 2.16. The van der Waals surface area contributed by atoms with Crippen LogP contribution in [-0.2, 0) is 4.74 Å². The predicted molar refractivity (Wildman–Crippen MR) is 64.4 cm³/mol. The Morgan fingerprint density at radius 2 is 2.07 bits per heavy atom. The van der Waals surface area contributed by atoms with Gasteiger partial charge in [-0.05, 0) is 15.9 Å². The third kappa shape index (κ3) is 3.56. The SMILES string of the molecule is C=C(N)/C(=N\C(Br)=C/N)N1CCOCC1. The molecule has 1 aliphatic heterocycles. The Hall–Kier alpha value is -1.01. The van der Waals surface area contributed by atoms with Crippen molar-refractivity contribution >= 4 is 21.8 Å². The molecule has 0 atom stereocenters. The molecule has 0 spiro atoms. The highest BCUT2D eigenvalue weighted by atomic mass is 79.9. The second kappa shape index (κ2) is 5.77. The summed E-state index contributed by atoms with van der Waals surface area (Å²) in [4.78, 5) is 6.26. The van der Waals surface area contributed by atoms with Crippen molar-refractivity contribution in [2.75, 3.05) is 26.3 Å². The normalized spacial score (nSPS) is 19.1. The Morgan fingerprint density at radius 1 is 1.47 bits per heavy atom. The molecular weight excluding hydrogens is 260 g/mol. The molecule has 5 nitrogen and oxygen atoms in total. The van der Waals surface area contributed by atoms with Crippen LogP contribution in [0.5, 0.6) is 0 Å². The molecule has 0 bridgehead atoms. The summed E-state index contributed by atoms with van der Waals surface area (Å²) in [6.45, 7) is 6.57. The molecule has 0 aromatic heterocycles. The highest BCUT2D eigenvalue weighted by Crippen LogP contribution is 2.10. The summed E-state index contributed by atoms with van der Waals surface area (Å²) in [6.07, 6.45) is 1.36. The van der Waals surface area contributed by atoms with Gasteiger partial charge in [0.2, 0.25) is 0 Å². The van der Waals surface area contributed by atoms with E-state index in [9.17, 15) is 0 Å². The van der Waals surface area contributed by atoms with Crippen molar-refractivity contribution in [1.82, 2.24) is 4.90 Å². The van der Waals surface area contributed by atoms with Gasteiger partial charge in [0.15, 0.2) is 5.84 Å². The standard InChI is InChI=1S/C9H15BrN4O/c1-7(12)9(13-8(10)6-11)14-2-4-15-5-3-14/h6H,1-5,11-12H2/b8-6-,13-9+. The maximum absolute atomic E-state index is 5.67. The Labute approximate surface area is 97.6 Å². The molecular formula is C9H15BrN4O. The molecule has 0 aliphatic carbocycles. The van der Waals surface area contributed by atoms with Crippen molar-refractivity contribution in [2.24, 2.45) is 16.5 Å². The van der Waals surface area contributed by atoms with Crippen molar-refractivity contribution in [3.8, 4) is 0 Å². The van der Waals surface area contributed by atoms with E-state index in [0.29, 0.717) is 29.4 Å². The number of aliphatic imine (C=N–C) groups is 1. The van der Waals surface area contributed by atoms with Gasteiger partial charge in [0.1, 0.15) is 4.61 Å². The number of amidine groups is 1. The number of nitrogens with two attached hydrogens (primary N) is 2. The van der Waals surface area contributed by atoms with E-state index < -0.39 is 0 Å². The number of nitrogens with zero attached hydrogens (tertiary/aromatic N) is 2. The summed E-state index contributed by atoms with van der Waals surface area (Å²) in [7, 11) is 0. The van der Waals surface area contributed by atoms with Gasteiger partial charge in [-0.3, -0.25) is 0 Å². The van der Waals surface area contributed by atoms with Gasteiger partial charge in [-0.15, -0.1) is 0 Å². The Bertz CT molecular complexity index is 294. The summed E-state index contributed by atoms with van der Waals surface area (Å²) in [5, 5.41) is 0. The lowest BCUT2D eigenvalue weighted by Crippen LogP contribution is -2.42. The van der Waals surface area contributed by atoms with Crippen LogP contribution in [0.2, 0.25) is 0 Å². The first kappa shape index (κ1) is 12.1. The van der Waals surface area contributed by atoms with Crippen LogP contribution < -0.4 is 11.5 Å². The fourth-order valence-electron chi connectivity index (χ4n) is 1.26. The molecule has 0 amide bonds. The summed E-state index contributed by atoms with van der Waals surface area (Å²) >= 11 is 3.21. The van der Waals surface area contributed by atoms with Gasteiger partial charge < -0.3 is 21.1 Å². The summed E-state index contributed by atoms with van der Waals surface area (Å²) in [5.41, 5.74) is 11.4. The molecule has 0 saturated carbocycles. The van der Waals surface area contributed by atoms with E-state index in [4.69, 9.17) is 16.2 Å². The van der Waals surface area contributed by atoms with Crippen LogP contribution in [0.25, 0.3) is 0 Å². The molecule has 1 fully saturated rings. The van der Waals surface area contributed by atoms with E-state index >= 15 is 0 Å². The molecule has 0 aromatic rings. The van der Waals surface area contributed by atoms with E-state index in [1.54, 1.807) is 0 Å². The van der Waals surface area contributed by atoms with Crippen LogP contribution in [-0.4, -0.2) is 37.0 Å². The second-order valence-electron chi connectivity index (χ2n) is 3.05. The van der Waals surface area contributed by atoms with E-state index in [1.165, 1.54) is 6.20 Å². The van der Waals surface area contributed by atoms with E-state index in [0.717, 1.165) is 13.1 Å². The zero-order chi connectivity index (χ0) is 11.3. The first-order chi connectivity index (χ1) is 7.15. The Morgan fingerprint density at radius 3 is 2.53 bits per heavy atom. The Kier molecular flexibility index (Phi) is 4.64. The second-order valence-corrected chi connectivity index (χ2v) is 3.86. The van der Waals surface area contributed by atoms with Crippen LogP contribution >= 0.6 is 15.9 Å². The van der Waals surface area contributed by atoms with Crippen LogP contribution in [0.4, 0.5) is 0 Å². The van der Waals surface area contributed by atoms with Gasteiger partial charge in [0, 0.05) is 19.3 Å². The largest absolute Gasteiger partial charge is 0.402 e. The lowest BCUT2D eigenvalue weighted by molar-refractivity contribution is 0.0682. The number of hydrogen-bond donors (Lipinski definition) is 2. The molecule has 1 rings (SSSR count). The minimum atomic E-state index is 0.427. The summed E-state index contributed by atoms with van der Waals surface area (Å²) < 4.78 is 5.78. The molecule has 4 N–H and O–H groups in total.